The number of nitrogens with one attached hydrogen (secondary N) is 1. The number of carbonyl (C=O) groups is 3. The number of nitro benzene ring substituents is 1. The highest BCUT2D eigenvalue weighted by Crippen LogP contribution is 2.28. The lowest BCUT2D eigenvalue weighted by Gasteiger charge is -2.31. The molecule has 37 heavy (non-hydrogen) atoms. The van der Waals surface area contributed by atoms with E-state index in [1.807, 2.05) is 0 Å². The fourth-order valence-electron chi connectivity index (χ4n) is 3.90. The maximum absolute atomic E-state index is 13.5. The molecule has 2 amide bonds. The van der Waals surface area contributed by atoms with E-state index < -0.39 is 34.5 Å². The first-order valence-electron chi connectivity index (χ1n) is 11.8. The second-order valence-corrected chi connectivity index (χ2v) is 9.55. The topological polar surface area (TPSA) is 166 Å². The third-order valence-corrected chi connectivity index (χ3v) is 5.54. The summed E-state index contributed by atoms with van der Waals surface area (Å²) in [6, 6.07) is 4.67. The number of aromatic hydroxyl groups is 1. The zero-order valence-corrected chi connectivity index (χ0v) is 21.2. The van der Waals surface area contributed by atoms with Crippen LogP contribution in [0.15, 0.2) is 24.3 Å². The van der Waals surface area contributed by atoms with Gasteiger partial charge in [0.15, 0.2) is 0 Å². The molecule has 1 atom stereocenters. The van der Waals surface area contributed by atoms with Crippen molar-refractivity contribution >= 4 is 23.7 Å². The molecule has 2 N–H and O–H groups in total. The zero-order chi connectivity index (χ0) is 27.3. The first-order chi connectivity index (χ1) is 17.4. The van der Waals surface area contributed by atoms with Gasteiger partial charge < -0.3 is 24.8 Å². The summed E-state index contributed by atoms with van der Waals surface area (Å²) in [5.74, 6) is -1.20. The lowest BCUT2D eigenvalue weighted by molar-refractivity contribution is -0.384. The smallest absolute Gasteiger partial charge is 0.408 e. The number of hydrogen-bond donors (Lipinski definition) is 2. The lowest BCUT2D eigenvalue weighted by atomic mass is 10.0. The molecule has 1 aromatic heterocycles. The van der Waals surface area contributed by atoms with Gasteiger partial charge in [0.1, 0.15) is 18.2 Å². The van der Waals surface area contributed by atoms with Crippen LogP contribution in [0.5, 0.6) is 5.88 Å². The van der Waals surface area contributed by atoms with Crippen molar-refractivity contribution in [3.05, 3.63) is 51.2 Å². The van der Waals surface area contributed by atoms with Gasteiger partial charge in [0.25, 0.3) is 5.69 Å². The van der Waals surface area contributed by atoms with Crippen LogP contribution < -0.4 is 5.32 Å². The average molecular weight is 518 g/mol. The first-order valence-corrected chi connectivity index (χ1v) is 11.8. The number of rotatable bonds is 8. The number of hydrogen-bond acceptors (Lipinski definition) is 9. The third-order valence-electron chi connectivity index (χ3n) is 5.54. The van der Waals surface area contributed by atoms with E-state index in [9.17, 15) is 29.6 Å². The number of ether oxygens (including phenoxy) is 2. The van der Waals surface area contributed by atoms with E-state index in [4.69, 9.17) is 9.47 Å². The van der Waals surface area contributed by atoms with Gasteiger partial charge in [-0.3, -0.25) is 19.7 Å². The van der Waals surface area contributed by atoms with Crippen LogP contribution in [-0.4, -0.2) is 67.5 Å². The van der Waals surface area contributed by atoms with E-state index in [2.05, 4.69) is 10.4 Å². The van der Waals surface area contributed by atoms with Gasteiger partial charge in [-0.05, 0) is 33.3 Å². The van der Waals surface area contributed by atoms with Gasteiger partial charge in [-0.1, -0.05) is 12.1 Å². The Kier molecular flexibility index (Phi) is 8.35. The quantitative estimate of drug-likeness (QED) is 0.303. The molecule has 0 radical (unpaired) electrons. The molecule has 0 spiro atoms. The Morgan fingerprint density at radius 3 is 2.51 bits per heavy atom. The monoisotopic (exact) mass is 517 g/mol. The molecule has 0 saturated heterocycles. The molecule has 1 aliphatic rings. The number of aromatic nitrogens is 2. The zero-order valence-electron chi connectivity index (χ0n) is 21.2. The normalized spacial score (nSPS) is 13.9. The van der Waals surface area contributed by atoms with Crippen molar-refractivity contribution in [2.45, 2.75) is 65.3 Å². The second kappa shape index (κ2) is 11.3. The molecule has 13 nitrogen and oxygen atoms in total. The lowest BCUT2D eigenvalue weighted by Crippen LogP contribution is -2.51. The van der Waals surface area contributed by atoms with Gasteiger partial charge in [-0.15, -0.1) is 0 Å². The number of non-ortho nitro benzene ring substituents is 1. The van der Waals surface area contributed by atoms with Gasteiger partial charge in [0.2, 0.25) is 11.8 Å². The van der Waals surface area contributed by atoms with E-state index in [0.29, 0.717) is 23.2 Å². The molecule has 0 unspecified atom stereocenters. The van der Waals surface area contributed by atoms with Crippen molar-refractivity contribution in [3.8, 4) is 5.88 Å². The van der Waals surface area contributed by atoms with E-state index in [1.54, 1.807) is 27.7 Å². The minimum absolute atomic E-state index is 0.0234. The predicted molar refractivity (Wildman–Crippen MR) is 130 cm³/mol. The van der Waals surface area contributed by atoms with Gasteiger partial charge in [-0.25, -0.2) is 9.48 Å². The molecule has 2 heterocycles. The van der Waals surface area contributed by atoms with Crippen LogP contribution in [0.1, 0.15) is 44.5 Å². The summed E-state index contributed by atoms with van der Waals surface area (Å²) in [6.07, 6.45) is -0.384. The van der Waals surface area contributed by atoms with Crippen molar-refractivity contribution in [1.82, 2.24) is 20.0 Å². The summed E-state index contributed by atoms with van der Waals surface area (Å²) in [7, 11) is 0. The molecular weight excluding hydrogens is 486 g/mol. The van der Waals surface area contributed by atoms with Crippen LogP contribution >= 0.6 is 0 Å². The largest absolute Gasteiger partial charge is 0.493 e. The minimum Gasteiger partial charge on any atom is -0.493 e. The summed E-state index contributed by atoms with van der Waals surface area (Å²) in [5, 5.41) is 28.5. The molecule has 0 fully saturated rings. The number of carbonyl (C=O) groups excluding carboxylic acids is 3. The summed E-state index contributed by atoms with van der Waals surface area (Å²) >= 11 is 0. The summed E-state index contributed by atoms with van der Waals surface area (Å²) in [5.41, 5.74) is 0.700. The molecule has 3 rings (SSSR count). The van der Waals surface area contributed by atoms with E-state index in [0.717, 1.165) is 4.68 Å². The maximum atomic E-state index is 13.5. The highest BCUT2D eigenvalue weighted by atomic mass is 16.6. The summed E-state index contributed by atoms with van der Waals surface area (Å²) in [6.45, 7) is 7.00. The van der Waals surface area contributed by atoms with Crippen molar-refractivity contribution in [2.75, 3.05) is 13.2 Å². The van der Waals surface area contributed by atoms with Crippen LogP contribution in [0, 0.1) is 10.1 Å². The fraction of sp³-hybridized carbons (Fsp3) is 0.500. The number of benzene rings is 1. The number of esters is 1. The van der Waals surface area contributed by atoms with Crippen LogP contribution in [-0.2, 0) is 45.0 Å². The van der Waals surface area contributed by atoms with Gasteiger partial charge in [0, 0.05) is 31.5 Å². The molecule has 13 heteroatoms. The number of nitrogens with zero attached hydrogens (tertiary/aromatic N) is 4. The number of alkyl carbamates (subject to hydrolysis) is 1. The van der Waals surface area contributed by atoms with Crippen LogP contribution in [0.3, 0.4) is 0 Å². The summed E-state index contributed by atoms with van der Waals surface area (Å²) < 4.78 is 11.4. The number of amides is 2. The molecule has 1 aliphatic heterocycles. The summed E-state index contributed by atoms with van der Waals surface area (Å²) in [4.78, 5) is 49.8. The van der Waals surface area contributed by atoms with Crippen LogP contribution in [0.2, 0.25) is 0 Å². The van der Waals surface area contributed by atoms with Gasteiger partial charge >= 0.3 is 12.1 Å². The van der Waals surface area contributed by atoms with Crippen molar-refractivity contribution in [2.24, 2.45) is 0 Å². The highest BCUT2D eigenvalue weighted by Gasteiger charge is 2.33. The van der Waals surface area contributed by atoms with Crippen LogP contribution in [0.25, 0.3) is 0 Å². The van der Waals surface area contributed by atoms with Gasteiger partial charge in [0.05, 0.1) is 29.3 Å². The molecule has 0 bridgehead atoms. The Morgan fingerprint density at radius 1 is 1.24 bits per heavy atom. The van der Waals surface area contributed by atoms with E-state index in [-0.39, 0.29) is 44.2 Å². The predicted octanol–water partition coefficient (Wildman–Crippen LogP) is 2.08. The minimum atomic E-state index is -1.03. The van der Waals surface area contributed by atoms with E-state index in [1.165, 1.54) is 29.2 Å². The van der Waals surface area contributed by atoms with Crippen molar-refractivity contribution in [3.63, 3.8) is 0 Å². The number of nitro groups is 1. The fourth-order valence-corrected chi connectivity index (χ4v) is 3.90. The molecule has 2 aromatic rings. The molecule has 200 valence electrons. The molecular formula is C24H31N5O8. The van der Waals surface area contributed by atoms with Crippen LogP contribution in [0.4, 0.5) is 10.5 Å². The van der Waals surface area contributed by atoms with E-state index >= 15 is 0 Å². The maximum Gasteiger partial charge on any atom is 0.408 e. The Bertz CT molecular complexity index is 1170. The second-order valence-electron chi connectivity index (χ2n) is 9.55. The number of fused-ring (bicyclic) bond motifs is 1. The highest BCUT2D eigenvalue weighted by molar-refractivity contribution is 5.86. The molecule has 1 aromatic carbocycles. The Balaban J connectivity index is 1.80. The Labute approximate surface area is 213 Å². The molecule has 0 aliphatic carbocycles. The third kappa shape index (κ3) is 7.18. The van der Waals surface area contributed by atoms with Gasteiger partial charge in [-0.2, -0.15) is 5.10 Å². The van der Waals surface area contributed by atoms with Crippen molar-refractivity contribution < 1.29 is 33.9 Å². The Morgan fingerprint density at radius 2 is 1.92 bits per heavy atom. The Hall–Kier alpha value is -4.16. The SMILES string of the molecule is CCOC(=O)Cn1nc2c(c1O)CN(C(=O)[C@H](Cc1ccc([N+](=O)[O-])cc1)NC(=O)OC(C)(C)C)CC2. The standard InChI is InChI=1S/C24H31N5O8/c1-5-36-20(30)14-28-21(31)17-13-27(11-10-18(17)26-28)22(32)19(25-23(33)37-24(2,3)4)12-15-6-8-16(9-7-15)29(34)35/h6-9,19,31H,5,10-14H2,1-4H3,(H,25,33)/t19-/m0/s1. The average Bonchev–Trinajstić information content (AvgIpc) is 3.11. The van der Waals surface area contributed by atoms with Crippen molar-refractivity contribution in [1.29, 1.82) is 0 Å². The first kappa shape index (κ1) is 27.4. The molecule has 0 saturated carbocycles.